The van der Waals surface area contributed by atoms with Crippen molar-refractivity contribution >= 4 is 15.9 Å². The third kappa shape index (κ3) is 3.58. The van der Waals surface area contributed by atoms with Gasteiger partial charge in [-0.1, -0.05) is 28.1 Å². The predicted octanol–water partition coefficient (Wildman–Crippen LogP) is 2.45. The predicted molar refractivity (Wildman–Crippen MR) is 69.5 cm³/mol. The highest BCUT2D eigenvalue weighted by Gasteiger charge is 2.16. The van der Waals surface area contributed by atoms with Crippen LogP contribution in [0.2, 0.25) is 0 Å². The molecule has 0 saturated carbocycles. The van der Waals surface area contributed by atoms with Crippen LogP contribution < -0.4 is 0 Å². The zero-order valence-electron chi connectivity index (χ0n) is 9.40. The summed E-state index contributed by atoms with van der Waals surface area (Å²) in [4.78, 5) is 2.44. The molecule has 0 aromatic heterocycles. The Morgan fingerprint density at radius 1 is 1.31 bits per heavy atom. The molecule has 0 aliphatic carbocycles. The first-order valence-electron chi connectivity index (χ1n) is 5.89. The number of halogens is 1. The van der Waals surface area contributed by atoms with Gasteiger partial charge in [-0.2, -0.15) is 0 Å². The number of rotatable bonds is 3. The highest BCUT2D eigenvalue weighted by atomic mass is 79.9. The van der Waals surface area contributed by atoms with E-state index < -0.39 is 0 Å². The van der Waals surface area contributed by atoms with Crippen molar-refractivity contribution in [1.82, 2.24) is 4.90 Å². The van der Waals surface area contributed by atoms with Crippen LogP contribution in [0.1, 0.15) is 18.4 Å². The second kappa shape index (κ2) is 5.80. The Hall–Kier alpha value is -0.380. The molecule has 0 radical (unpaired) electrons. The van der Waals surface area contributed by atoms with Gasteiger partial charge in [0.25, 0.3) is 0 Å². The zero-order valence-corrected chi connectivity index (χ0v) is 11.0. The third-order valence-electron chi connectivity index (χ3n) is 3.16. The van der Waals surface area contributed by atoms with E-state index in [9.17, 15) is 5.11 Å². The molecule has 2 nitrogen and oxygen atoms in total. The number of likely N-dealkylation sites (tertiary alicyclic amines) is 1. The van der Waals surface area contributed by atoms with Gasteiger partial charge in [0.15, 0.2) is 0 Å². The lowest BCUT2D eigenvalue weighted by Crippen LogP contribution is -2.37. The molecule has 1 fully saturated rings. The molecular formula is C13H18BrNO. The van der Waals surface area contributed by atoms with Crippen molar-refractivity contribution in [1.29, 1.82) is 0 Å². The molecule has 0 spiro atoms. The number of aliphatic hydroxyl groups excluding tert-OH is 1. The molecule has 2 rings (SSSR count). The molecule has 1 aliphatic rings. The number of piperidine rings is 1. The maximum atomic E-state index is 9.42. The number of hydrogen-bond acceptors (Lipinski definition) is 2. The van der Waals surface area contributed by atoms with Gasteiger partial charge in [0.05, 0.1) is 6.10 Å². The van der Waals surface area contributed by atoms with Crippen molar-refractivity contribution in [3.8, 4) is 0 Å². The fourth-order valence-electron chi connectivity index (χ4n) is 2.12. The van der Waals surface area contributed by atoms with Crippen molar-refractivity contribution in [2.75, 3.05) is 19.6 Å². The van der Waals surface area contributed by atoms with Crippen LogP contribution in [0, 0.1) is 0 Å². The van der Waals surface area contributed by atoms with E-state index in [1.807, 2.05) is 0 Å². The summed E-state index contributed by atoms with van der Waals surface area (Å²) >= 11 is 3.49. The quantitative estimate of drug-likeness (QED) is 0.921. The van der Waals surface area contributed by atoms with E-state index >= 15 is 0 Å². The van der Waals surface area contributed by atoms with Crippen molar-refractivity contribution < 1.29 is 5.11 Å². The zero-order chi connectivity index (χ0) is 11.4. The van der Waals surface area contributed by atoms with E-state index in [2.05, 4.69) is 45.1 Å². The van der Waals surface area contributed by atoms with Gasteiger partial charge >= 0.3 is 0 Å². The molecule has 1 aromatic rings. The molecule has 0 amide bonds. The fraction of sp³-hybridized carbons (Fsp3) is 0.538. The topological polar surface area (TPSA) is 23.5 Å². The molecule has 1 aliphatic heterocycles. The normalized spacial score (nSPS) is 18.9. The maximum Gasteiger partial charge on any atom is 0.0564 e. The Bertz CT molecular complexity index is 334. The van der Waals surface area contributed by atoms with Gasteiger partial charge in [0.1, 0.15) is 0 Å². The van der Waals surface area contributed by atoms with Gasteiger partial charge in [0.2, 0.25) is 0 Å². The monoisotopic (exact) mass is 283 g/mol. The Balaban J connectivity index is 1.79. The molecule has 0 bridgehead atoms. The van der Waals surface area contributed by atoms with Gasteiger partial charge in [-0.3, -0.25) is 0 Å². The smallest absolute Gasteiger partial charge is 0.0564 e. The summed E-state index contributed by atoms with van der Waals surface area (Å²) in [6.45, 7) is 3.17. The third-order valence-corrected chi connectivity index (χ3v) is 3.66. The summed E-state index contributed by atoms with van der Waals surface area (Å²) in [5, 5.41) is 9.42. The Morgan fingerprint density at radius 2 is 2.06 bits per heavy atom. The van der Waals surface area contributed by atoms with Gasteiger partial charge in [0, 0.05) is 24.1 Å². The molecule has 1 N–H and O–H groups in total. The minimum atomic E-state index is -0.0675. The summed E-state index contributed by atoms with van der Waals surface area (Å²) < 4.78 is 1.15. The first kappa shape index (κ1) is 12.1. The summed E-state index contributed by atoms with van der Waals surface area (Å²) in [6, 6.07) is 8.49. The van der Waals surface area contributed by atoms with Crippen molar-refractivity contribution in [3.05, 3.63) is 34.3 Å². The Kier molecular flexibility index (Phi) is 4.38. The van der Waals surface area contributed by atoms with E-state index in [0.29, 0.717) is 0 Å². The van der Waals surface area contributed by atoms with Crippen LogP contribution in [0.15, 0.2) is 28.7 Å². The molecule has 1 aromatic carbocycles. The summed E-state index contributed by atoms with van der Waals surface area (Å²) in [7, 11) is 0. The van der Waals surface area contributed by atoms with E-state index in [1.54, 1.807) is 0 Å². The van der Waals surface area contributed by atoms with Crippen LogP contribution >= 0.6 is 15.9 Å². The van der Waals surface area contributed by atoms with Crippen molar-refractivity contribution in [3.63, 3.8) is 0 Å². The molecule has 3 heteroatoms. The highest BCUT2D eigenvalue weighted by Crippen LogP contribution is 2.14. The van der Waals surface area contributed by atoms with Crippen LogP contribution in [0.5, 0.6) is 0 Å². The standard InChI is InChI=1S/C13H18BrNO/c14-12-3-1-2-11(10-12)4-7-15-8-5-13(16)6-9-15/h1-3,10,13,16H,4-9H2. The second-order valence-electron chi connectivity index (χ2n) is 4.45. The molecule has 1 saturated heterocycles. The molecule has 0 unspecified atom stereocenters. The van der Waals surface area contributed by atoms with Crippen LogP contribution in [0.3, 0.4) is 0 Å². The Morgan fingerprint density at radius 3 is 2.75 bits per heavy atom. The van der Waals surface area contributed by atoms with Crippen molar-refractivity contribution in [2.24, 2.45) is 0 Å². The van der Waals surface area contributed by atoms with Gasteiger partial charge in [-0.25, -0.2) is 0 Å². The largest absolute Gasteiger partial charge is 0.393 e. The Labute approximate surface area is 105 Å². The van der Waals surface area contributed by atoms with Gasteiger partial charge in [-0.15, -0.1) is 0 Å². The first-order valence-corrected chi connectivity index (χ1v) is 6.68. The summed E-state index contributed by atoms with van der Waals surface area (Å²) in [6.07, 6.45) is 2.88. The van der Waals surface area contributed by atoms with Gasteiger partial charge < -0.3 is 10.0 Å². The molecule has 88 valence electrons. The number of aliphatic hydroxyl groups is 1. The molecule has 0 atom stereocenters. The summed E-state index contributed by atoms with van der Waals surface area (Å²) in [5.41, 5.74) is 1.38. The molecule has 16 heavy (non-hydrogen) atoms. The van der Waals surface area contributed by atoms with Crippen molar-refractivity contribution in [2.45, 2.75) is 25.4 Å². The lowest BCUT2D eigenvalue weighted by atomic mass is 10.1. The van der Waals surface area contributed by atoms with Crippen LogP contribution in [0.25, 0.3) is 0 Å². The second-order valence-corrected chi connectivity index (χ2v) is 5.37. The lowest BCUT2D eigenvalue weighted by molar-refractivity contribution is 0.0832. The average molecular weight is 284 g/mol. The molecule has 1 heterocycles. The lowest BCUT2D eigenvalue weighted by Gasteiger charge is -2.29. The van der Waals surface area contributed by atoms with Gasteiger partial charge in [-0.05, 0) is 37.0 Å². The van der Waals surface area contributed by atoms with E-state index in [0.717, 1.165) is 43.4 Å². The van der Waals surface area contributed by atoms with Crippen LogP contribution in [-0.4, -0.2) is 35.7 Å². The van der Waals surface area contributed by atoms with E-state index in [-0.39, 0.29) is 6.10 Å². The SMILES string of the molecule is OC1CCN(CCc2cccc(Br)c2)CC1. The number of hydrogen-bond donors (Lipinski definition) is 1. The highest BCUT2D eigenvalue weighted by molar-refractivity contribution is 9.10. The minimum Gasteiger partial charge on any atom is -0.393 e. The summed E-state index contributed by atoms with van der Waals surface area (Å²) in [5.74, 6) is 0. The van der Waals surface area contributed by atoms with E-state index in [1.165, 1.54) is 5.56 Å². The van der Waals surface area contributed by atoms with Crippen LogP contribution in [-0.2, 0) is 6.42 Å². The van der Waals surface area contributed by atoms with E-state index in [4.69, 9.17) is 0 Å². The molecular weight excluding hydrogens is 266 g/mol. The minimum absolute atomic E-state index is 0.0675. The maximum absolute atomic E-state index is 9.42. The average Bonchev–Trinajstić information content (AvgIpc) is 2.28. The van der Waals surface area contributed by atoms with Crippen LogP contribution in [0.4, 0.5) is 0 Å². The first-order chi connectivity index (χ1) is 7.74. The number of benzene rings is 1. The number of nitrogens with zero attached hydrogens (tertiary/aromatic N) is 1. The fourth-order valence-corrected chi connectivity index (χ4v) is 2.57.